The van der Waals surface area contributed by atoms with E-state index in [0.717, 1.165) is 5.56 Å². The van der Waals surface area contributed by atoms with Gasteiger partial charge in [0.25, 0.3) is 0 Å². The fourth-order valence-electron chi connectivity index (χ4n) is 2.09. The van der Waals surface area contributed by atoms with Crippen LogP contribution in [-0.4, -0.2) is 7.11 Å². The minimum absolute atomic E-state index is 0.0137. The van der Waals surface area contributed by atoms with Crippen LogP contribution < -0.4 is 16.0 Å². The van der Waals surface area contributed by atoms with Gasteiger partial charge in [-0.2, -0.15) is 0 Å². The third-order valence-corrected chi connectivity index (χ3v) is 4.65. The lowest BCUT2D eigenvalue weighted by Gasteiger charge is -2.14. The van der Waals surface area contributed by atoms with Gasteiger partial charge in [0, 0.05) is 9.75 Å². The van der Waals surface area contributed by atoms with E-state index in [-0.39, 0.29) is 17.6 Å². The summed E-state index contributed by atoms with van der Waals surface area (Å²) in [5.41, 5.74) is 4.95. The van der Waals surface area contributed by atoms with Crippen molar-refractivity contribution < 1.29 is 9.13 Å². The number of hydrogen-bond acceptors (Lipinski definition) is 4. The molecule has 0 radical (unpaired) electrons. The Kier molecular flexibility index (Phi) is 4.75. The number of rotatable bonds is 5. The molecule has 108 valence electrons. The van der Waals surface area contributed by atoms with E-state index in [1.165, 1.54) is 28.5 Å². The summed E-state index contributed by atoms with van der Waals surface area (Å²) >= 11 is 1.72. The zero-order valence-electron chi connectivity index (χ0n) is 11.9. The Morgan fingerprint density at radius 1 is 1.35 bits per heavy atom. The van der Waals surface area contributed by atoms with Crippen LogP contribution in [0, 0.1) is 19.7 Å². The summed E-state index contributed by atoms with van der Waals surface area (Å²) in [5.74, 6) is 5.55. The monoisotopic (exact) mass is 294 g/mol. The Hall–Kier alpha value is -1.43. The first-order chi connectivity index (χ1) is 9.55. The average Bonchev–Trinajstić information content (AvgIpc) is 2.76. The van der Waals surface area contributed by atoms with E-state index in [9.17, 15) is 4.39 Å². The lowest BCUT2D eigenvalue weighted by Crippen LogP contribution is -2.29. The molecule has 3 nitrogen and oxygen atoms in total. The van der Waals surface area contributed by atoms with Crippen LogP contribution in [0.3, 0.4) is 0 Å². The zero-order chi connectivity index (χ0) is 14.7. The molecule has 0 aliphatic carbocycles. The van der Waals surface area contributed by atoms with E-state index in [1.54, 1.807) is 17.4 Å². The largest absolute Gasteiger partial charge is 0.494 e. The number of methoxy groups -OCH3 is 1. The molecule has 0 spiro atoms. The smallest absolute Gasteiger partial charge is 0.165 e. The minimum atomic E-state index is -0.348. The Labute approximate surface area is 122 Å². The first-order valence-corrected chi connectivity index (χ1v) is 7.22. The van der Waals surface area contributed by atoms with Crippen LogP contribution in [0.5, 0.6) is 5.75 Å². The second-order valence-electron chi connectivity index (χ2n) is 4.78. The SMILES string of the molecule is COc1ccc(CC(NN)c2cc(C)c(C)s2)cc1F. The van der Waals surface area contributed by atoms with Crippen molar-refractivity contribution in [3.63, 3.8) is 0 Å². The van der Waals surface area contributed by atoms with Gasteiger partial charge in [-0.25, -0.2) is 4.39 Å². The summed E-state index contributed by atoms with van der Waals surface area (Å²) in [6.45, 7) is 4.17. The van der Waals surface area contributed by atoms with Crippen LogP contribution in [-0.2, 0) is 6.42 Å². The van der Waals surface area contributed by atoms with Gasteiger partial charge in [0.05, 0.1) is 13.2 Å². The molecule has 5 heteroatoms. The van der Waals surface area contributed by atoms with Crippen molar-refractivity contribution in [1.82, 2.24) is 5.43 Å². The molecule has 1 aromatic carbocycles. The van der Waals surface area contributed by atoms with Gasteiger partial charge in [-0.3, -0.25) is 11.3 Å². The molecule has 0 bridgehead atoms. The molecule has 20 heavy (non-hydrogen) atoms. The molecule has 1 aromatic heterocycles. The summed E-state index contributed by atoms with van der Waals surface area (Å²) in [7, 11) is 1.46. The van der Waals surface area contributed by atoms with Crippen LogP contribution in [0.2, 0.25) is 0 Å². The van der Waals surface area contributed by atoms with E-state index in [2.05, 4.69) is 25.3 Å². The highest BCUT2D eigenvalue weighted by Crippen LogP contribution is 2.29. The van der Waals surface area contributed by atoms with Crippen molar-refractivity contribution in [3.05, 3.63) is 51.0 Å². The normalized spacial score (nSPS) is 12.4. The van der Waals surface area contributed by atoms with Gasteiger partial charge < -0.3 is 4.74 Å². The first kappa shape index (κ1) is 15.0. The van der Waals surface area contributed by atoms with Gasteiger partial charge in [-0.05, 0) is 49.6 Å². The number of thiophene rings is 1. The highest BCUT2D eigenvalue weighted by molar-refractivity contribution is 7.12. The standard InChI is InChI=1S/C15H19FN2OS/c1-9-6-15(20-10(9)2)13(18-17)8-11-4-5-14(19-3)12(16)7-11/h4-7,13,18H,8,17H2,1-3H3. The van der Waals surface area contributed by atoms with Crippen LogP contribution >= 0.6 is 11.3 Å². The van der Waals surface area contributed by atoms with Crippen molar-refractivity contribution in [1.29, 1.82) is 0 Å². The van der Waals surface area contributed by atoms with Crippen LogP contribution in [0.1, 0.15) is 26.9 Å². The lowest BCUT2D eigenvalue weighted by molar-refractivity contribution is 0.386. The molecule has 1 heterocycles. The third kappa shape index (κ3) is 3.17. The minimum Gasteiger partial charge on any atom is -0.494 e. The van der Waals surface area contributed by atoms with Gasteiger partial charge in [0.2, 0.25) is 0 Å². The van der Waals surface area contributed by atoms with E-state index in [4.69, 9.17) is 10.6 Å². The maximum atomic E-state index is 13.7. The average molecular weight is 294 g/mol. The summed E-state index contributed by atoms with van der Waals surface area (Å²) < 4.78 is 18.6. The number of benzene rings is 1. The molecule has 0 amide bonds. The first-order valence-electron chi connectivity index (χ1n) is 6.40. The molecule has 3 N–H and O–H groups in total. The van der Waals surface area contributed by atoms with Gasteiger partial charge in [0.1, 0.15) is 0 Å². The van der Waals surface area contributed by atoms with Crippen molar-refractivity contribution in [2.45, 2.75) is 26.3 Å². The number of nitrogens with one attached hydrogen (secondary N) is 1. The van der Waals surface area contributed by atoms with E-state index in [1.807, 2.05) is 6.07 Å². The molecule has 0 aliphatic heterocycles. The summed E-state index contributed by atoms with van der Waals surface area (Å²) in [5, 5.41) is 0. The topological polar surface area (TPSA) is 47.3 Å². The van der Waals surface area contributed by atoms with Gasteiger partial charge >= 0.3 is 0 Å². The number of ether oxygens (including phenoxy) is 1. The zero-order valence-corrected chi connectivity index (χ0v) is 12.7. The molecular weight excluding hydrogens is 275 g/mol. The van der Waals surface area contributed by atoms with Gasteiger partial charge in [-0.15, -0.1) is 11.3 Å². The fourth-order valence-corrected chi connectivity index (χ4v) is 3.19. The van der Waals surface area contributed by atoms with Gasteiger partial charge in [-0.1, -0.05) is 6.07 Å². The molecule has 2 rings (SSSR count). The molecule has 1 unspecified atom stereocenters. The lowest BCUT2D eigenvalue weighted by atomic mass is 10.0. The predicted molar refractivity (Wildman–Crippen MR) is 80.5 cm³/mol. The van der Waals surface area contributed by atoms with Crippen molar-refractivity contribution in [3.8, 4) is 5.75 Å². The van der Waals surface area contributed by atoms with E-state index in [0.29, 0.717) is 6.42 Å². The van der Waals surface area contributed by atoms with E-state index >= 15 is 0 Å². The maximum absolute atomic E-state index is 13.7. The van der Waals surface area contributed by atoms with Crippen LogP contribution in [0.4, 0.5) is 4.39 Å². The second-order valence-corrected chi connectivity index (χ2v) is 6.07. The molecule has 0 saturated heterocycles. The highest BCUT2D eigenvalue weighted by Gasteiger charge is 2.15. The Balaban J connectivity index is 2.20. The highest BCUT2D eigenvalue weighted by atomic mass is 32.1. The molecule has 0 aliphatic rings. The Bertz CT molecular complexity index is 578. The fraction of sp³-hybridized carbons (Fsp3) is 0.333. The van der Waals surface area contributed by atoms with Gasteiger partial charge in [0.15, 0.2) is 11.6 Å². The second kappa shape index (κ2) is 6.35. The third-order valence-electron chi connectivity index (χ3n) is 3.39. The number of nitrogens with two attached hydrogens (primary N) is 1. The number of halogens is 1. The molecule has 2 aromatic rings. The Morgan fingerprint density at radius 3 is 2.60 bits per heavy atom. The number of aryl methyl sites for hydroxylation is 2. The summed E-state index contributed by atoms with van der Waals surface area (Å²) in [6, 6.07) is 7.11. The number of hydrazine groups is 1. The predicted octanol–water partition coefficient (Wildman–Crippen LogP) is 3.26. The molecule has 0 saturated carbocycles. The number of hydrogen-bond donors (Lipinski definition) is 2. The summed E-state index contributed by atoms with van der Waals surface area (Å²) in [6.07, 6.45) is 0.636. The molecular formula is C15H19FN2OS. The van der Waals surface area contributed by atoms with Crippen molar-refractivity contribution in [2.75, 3.05) is 7.11 Å². The van der Waals surface area contributed by atoms with E-state index < -0.39 is 0 Å². The Morgan fingerprint density at radius 2 is 2.10 bits per heavy atom. The van der Waals surface area contributed by atoms with Crippen molar-refractivity contribution in [2.24, 2.45) is 5.84 Å². The summed E-state index contributed by atoms with van der Waals surface area (Å²) in [4.78, 5) is 2.44. The van der Waals surface area contributed by atoms with Crippen molar-refractivity contribution >= 4 is 11.3 Å². The van der Waals surface area contributed by atoms with Crippen LogP contribution in [0.25, 0.3) is 0 Å². The molecule has 0 fully saturated rings. The molecule has 1 atom stereocenters. The quantitative estimate of drug-likeness (QED) is 0.657. The van der Waals surface area contributed by atoms with Crippen LogP contribution in [0.15, 0.2) is 24.3 Å². The maximum Gasteiger partial charge on any atom is 0.165 e.